The summed E-state index contributed by atoms with van der Waals surface area (Å²) in [5.74, 6) is 2.75. The molecule has 0 fully saturated rings. The van der Waals surface area contributed by atoms with E-state index in [1.54, 1.807) is 0 Å². The molecule has 1 unspecified atom stereocenters. The minimum Gasteiger partial charge on any atom is -0.417 e. The van der Waals surface area contributed by atoms with E-state index in [9.17, 15) is 0 Å². The van der Waals surface area contributed by atoms with E-state index in [1.807, 2.05) is 0 Å². The number of rotatable bonds is 5. The van der Waals surface area contributed by atoms with Crippen LogP contribution in [0, 0.1) is 12.3 Å². The fourth-order valence-corrected chi connectivity index (χ4v) is 5.91. The van der Waals surface area contributed by atoms with Gasteiger partial charge in [0.1, 0.15) is 0 Å². The quantitative estimate of drug-likeness (QED) is 0.521. The van der Waals surface area contributed by atoms with E-state index in [0.717, 1.165) is 12.8 Å². The van der Waals surface area contributed by atoms with Gasteiger partial charge in [-0.05, 0) is 24.6 Å². The number of terminal acetylenes is 1. The Labute approximate surface area is 110 Å². The maximum absolute atomic E-state index is 6.57. The predicted molar refractivity (Wildman–Crippen MR) is 83.5 cm³/mol. The molecule has 0 rings (SSSR count). The molecule has 0 saturated carbocycles. The van der Waals surface area contributed by atoms with Crippen molar-refractivity contribution in [3.8, 4) is 12.3 Å². The van der Waals surface area contributed by atoms with Crippen molar-refractivity contribution in [3.63, 3.8) is 0 Å². The van der Waals surface area contributed by atoms with Gasteiger partial charge >= 0.3 is 0 Å². The Morgan fingerprint density at radius 1 is 1.12 bits per heavy atom. The second kappa shape index (κ2) is 5.73. The predicted octanol–water partition coefficient (Wildman–Crippen LogP) is 4.67. The van der Waals surface area contributed by atoms with Crippen LogP contribution in [0.4, 0.5) is 0 Å². The highest BCUT2D eigenvalue weighted by Crippen LogP contribution is 2.38. The highest BCUT2D eigenvalue weighted by atomic mass is 28.4. The van der Waals surface area contributed by atoms with Gasteiger partial charge in [-0.3, -0.25) is 0 Å². The summed E-state index contributed by atoms with van der Waals surface area (Å²) in [7, 11) is -2.96. The molecule has 17 heavy (non-hydrogen) atoms. The molecule has 0 aliphatic heterocycles. The second-order valence-electron chi connectivity index (χ2n) is 7.48. The lowest BCUT2D eigenvalue weighted by Gasteiger charge is -2.42. The van der Waals surface area contributed by atoms with Crippen molar-refractivity contribution in [2.75, 3.05) is 0 Å². The van der Waals surface area contributed by atoms with Gasteiger partial charge in [0.2, 0.25) is 0 Å². The third kappa shape index (κ3) is 5.41. The summed E-state index contributed by atoms with van der Waals surface area (Å²) < 4.78 is 6.57. The lowest BCUT2D eigenvalue weighted by Crippen LogP contribution is -2.51. The summed E-state index contributed by atoms with van der Waals surface area (Å²) in [5, 5.41) is 0.279. The van der Waals surface area contributed by atoms with Crippen molar-refractivity contribution >= 4 is 16.4 Å². The van der Waals surface area contributed by atoms with Crippen LogP contribution >= 0.6 is 0 Å². The van der Waals surface area contributed by atoms with Gasteiger partial charge in [-0.2, -0.15) is 0 Å². The smallest absolute Gasteiger partial charge is 0.191 e. The average molecular weight is 271 g/mol. The fourth-order valence-electron chi connectivity index (χ4n) is 1.42. The molecule has 0 radical (unpaired) electrons. The molecule has 0 amide bonds. The standard InChI is InChI=1S/C14H30OSi2/c1-10-11-12-13(16(5,6)7)15-17(8,9)14(2,3)4/h1,13H,11-12H2,2-9H3. The van der Waals surface area contributed by atoms with Crippen molar-refractivity contribution in [2.45, 2.75) is 77.1 Å². The van der Waals surface area contributed by atoms with Crippen LogP contribution in [0.3, 0.4) is 0 Å². The Balaban J connectivity index is 4.83. The van der Waals surface area contributed by atoms with Crippen LogP contribution in [-0.4, -0.2) is 22.1 Å². The zero-order valence-corrected chi connectivity index (χ0v) is 15.0. The van der Waals surface area contributed by atoms with Gasteiger partial charge in [0.05, 0.1) is 8.07 Å². The summed E-state index contributed by atoms with van der Waals surface area (Å²) in [5.41, 5.74) is 0.402. The molecule has 3 heteroatoms. The molecule has 0 aliphatic carbocycles. The van der Waals surface area contributed by atoms with Crippen molar-refractivity contribution in [1.82, 2.24) is 0 Å². The minimum absolute atomic E-state index is 0.279. The highest BCUT2D eigenvalue weighted by Gasteiger charge is 2.41. The third-order valence-electron chi connectivity index (χ3n) is 3.76. The topological polar surface area (TPSA) is 9.23 Å². The monoisotopic (exact) mass is 270 g/mol. The second-order valence-corrected chi connectivity index (χ2v) is 17.6. The maximum atomic E-state index is 6.57. The summed E-state index contributed by atoms with van der Waals surface area (Å²) in [6.07, 6.45) is 7.25. The molecule has 0 spiro atoms. The lowest BCUT2D eigenvalue weighted by molar-refractivity contribution is 0.235. The molecule has 0 aromatic rings. The van der Waals surface area contributed by atoms with Crippen LogP contribution in [0.2, 0.25) is 37.8 Å². The Hall–Kier alpha value is -0.0462. The van der Waals surface area contributed by atoms with Gasteiger partial charge in [0.25, 0.3) is 0 Å². The van der Waals surface area contributed by atoms with Crippen LogP contribution in [0.25, 0.3) is 0 Å². The fraction of sp³-hybridized carbons (Fsp3) is 0.857. The molecule has 0 heterocycles. The molecular weight excluding hydrogens is 240 g/mol. The van der Waals surface area contributed by atoms with Crippen molar-refractivity contribution in [3.05, 3.63) is 0 Å². The van der Waals surface area contributed by atoms with Crippen molar-refractivity contribution < 1.29 is 4.43 Å². The van der Waals surface area contributed by atoms with Crippen molar-refractivity contribution in [2.24, 2.45) is 0 Å². The van der Waals surface area contributed by atoms with Crippen LogP contribution in [0.5, 0.6) is 0 Å². The minimum atomic E-state index is -1.66. The molecule has 100 valence electrons. The molecule has 1 atom stereocenters. The van der Waals surface area contributed by atoms with E-state index in [-0.39, 0.29) is 5.04 Å². The first kappa shape index (κ1) is 17.0. The van der Waals surface area contributed by atoms with E-state index < -0.39 is 16.4 Å². The Morgan fingerprint density at radius 2 is 1.59 bits per heavy atom. The SMILES string of the molecule is C#CCCC(O[Si](C)(C)C(C)(C)C)[Si](C)(C)C. The average Bonchev–Trinajstić information content (AvgIpc) is 2.08. The van der Waals surface area contributed by atoms with Gasteiger partial charge in [0, 0.05) is 12.1 Å². The Bertz CT molecular complexity index is 276. The van der Waals surface area contributed by atoms with E-state index in [4.69, 9.17) is 10.8 Å². The van der Waals surface area contributed by atoms with E-state index in [2.05, 4.69) is 59.4 Å². The van der Waals surface area contributed by atoms with Gasteiger partial charge in [-0.15, -0.1) is 12.3 Å². The van der Waals surface area contributed by atoms with Gasteiger partial charge in [-0.25, -0.2) is 0 Å². The van der Waals surface area contributed by atoms with Gasteiger partial charge < -0.3 is 4.43 Å². The Kier molecular flexibility index (Phi) is 5.71. The van der Waals surface area contributed by atoms with Crippen molar-refractivity contribution in [1.29, 1.82) is 0 Å². The first-order valence-corrected chi connectivity index (χ1v) is 13.0. The van der Waals surface area contributed by atoms with Gasteiger partial charge in [0.15, 0.2) is 8.32 Å². The van der Waals surface area contributed by atoms with E-state index >= 15 is 0 Å². The van der Waals surface area contributed by atoms with E-state index in [1.165, 1.54) is 0 Å². The first-order chi connectivity index (χ1) is 7.42. The number of hydrogen-bond donors (Lipinski definition) is 0. The van der Waals surface area contributed by atoms with Crippen LogP contribution in [0.1, 0.15) is 33.6 Å². The molecule has 0 aromatic carbocycles. The normalized spacial score (nSPS) is 15.5. The summed E-state index contributed by atoms with van der Waals surface area (Å²) in [6, 6.07) is 0. The molecule has 0 saturated heterocycles. The first-order valence-electron chi connectivity index (χ1n) is 6.53. The highest BCUT2D eigenvalue weighted by molar-refractivity contribution is 6.80. The van der Waals surface area contributed by atoms with Crippen LogP contribution in [0.15, 0.2) is 0 Å². The third-order valence-corrected chi connectivity index (χ3v) is 10.8. The largest absolute Gasteiger partial charge is 0.417 e. The molecule has 0 aromatic heterocycles. The summed E-state index contributed by atoms with van der Waals surface area (Å²) in [6.45, 7) is 18.7. The summed E-state index contributed by atoms with van der Waals surface area (Å²) >= 11 is 0. The number of hydrogen-bond acceptors (Lipinski definition) is 1. The molecule has 0 N–H and O–H groups in total. The van der Waals surface area contributed by atoms with Crippen LogP contribution in [-0.2, 0) is 4.43 Å². The maximum Gasteiger partial charge on any atom is 0.191 e. The van der Waals surface area contributed by atoms with E-state index in [0.29, 0.717) is 5.73 Å². The molecular formula is C14H30OSi2. The molecule has 0 aliphatic rings. The Morgan fingerprint density at radius 3 is 1.88 bits per heavy atom. The molecule has 0 bridgehead atoms. The zero-order valence-electron chi connectivity index (χ0n) is 13.0. The van der Waals surface area contributed by atoms with Gasteiger partial charge in [-0.1, -0.05) is 40.4 Å². The summed E-state index contributed by atoms with van der Waals surface area (Å²) in [4.78, 5) is 0. The lowest BCUT2D eigenvalue weighted by atomic mass is 10.2. The zero-order chi connectivity index (χ0) is 13.9. The molecule has 1 nitrogen and oxygen atoms in total. The van der Waals surface area contributed by atoms with Crippen LogP contribution < -0.4 is 0 Å².